The third-order valence-electron chi connectivity index (χ3n) is 4.09. The van der Waals surface area contributed by atoms with Crippen molar-refractivity contribution in [2.45, 2.75) is 56.8 Å². The van der Waals surface area contributed by atoms with E-state index in [4.69, 9.17) is 4.52 Å². The maximum Gasteiger partial charge on any atom is 0.231 e. The standard InChI is InChI=1S/C13H21N3O/c1-2-4-6-10(5-3-1)12-15-13(17-16-12)11-7-8-14-9-11/h10-11,14H,1-9H2. The van der Waals surface area contributed by atoms with Crippen LogP contribution in [-0.2, 0) is 0 Å². The SMILES string of the molecule is C1CCCC(c2noc(C3CCNC3)n2)CC1. The summed E-state index contributed by atoms with van der Waals surface area (Å²) in [7, 11) is 0. The minimum absolute atomic E-state index is 0.446. The van der Waals surface area contributed by atoms with Gasteiger partial charge in [0.25, 0.3) is 0 Å². The van der Waals surface area contributed by atoms with Gasteiger partial charge >= 0.3 is 0 Å². The molecule has 0 spiro atoms. The summed E-state index contributed by atoms with van der Waals surface area (Å²) in [5, 5.41) is 7.55. The highest BCUT2D eigenvalue weighted by Crippen LogP contribution is 2.31. The number of rotatable bonds is 2. The third kappa shape index (κ3) is 2.51. The molecule has 1 aromatic heterocycles. The average molecular weight is 235 g/mol. The van der Waals surface area contributed by atoms with E-state index in [0.29, 0.717) is 11.8 Å². The molecule has 94 valence electrons. The maximum atomic E-state index is 5.44. The number of hydrogen-bond acceptors (Lipinski definition) is 4. The monoisotopic (exact) mass is 235 g/mol. The van der Waals surface area contributed by atoms with Crippen LogP contribution in [0.25, 0.3) is 0 Å². The van der Waals surface area contributed by atoms with E-state index in [9.17, 15) is 0 Å². The van der Waals surface area contributed by atoms with Gasteiger partial charge in [0.2, 0.25) is 5.89 Å². The van der Waals surface area contributed by atoms with Gasteiger partial charge < -0.3 is 9.84 Å². The van der Waals surface area contributed by atoms with Crippen LogP contribution in [0.1, 0.15) is 68.5 Å². The van der Waals surface area contributed by atoms with E-state index in [1.165, 1.54) is 38.5 Å². The Bertz CT molecular complexity index is 349. The molecule has 17 heavy (non-hydrogen) atoms. The Morgan fingerprint density at radius 1 is 1.00 bits per heavy atom. The molecule has 1 unspecified atom stereocenters. The molecule has 3 rings (SSSR count). The van der Waals surface area contributed by atoms with Crippen molar-refractivity contribution in [3.63, 3.8) is 0 Å². The Morgan fingerprint density at radius 2 is 1.82 bits per heavy atom. The molecule has 0 amide bonds. The number of nitrogens with one attached hydrogen (secondary N) is 1. The number of aromatic nitrogens is 2. The highest BCUT2D eigenvalue weighted by atomic mass is 16.5. The first-order chi connectivity index (χ1) is 8.43. The zero-order valence-electron chi connectivity index (χ0n) is 10.3. The largest absolute Gasteiger partial charge is 0.339 e. The van der Waals surface area contributed by atoms with Crippen molar-refractivity contribution in [3.05, 3.63) is 11.7 Å². The van der Waals surface area contributed by atoms with Crippen molar-refractivity contribution in [2.75, 3.05) is 13.1 Å². The molecule has 0 aromatic carbocycles. The van der Waals surface area contributed by atoms with Gasteiger partial charge in [0.15, 0.2) is 5.82 Å². The fraction of sp³-hybridized carbons (Fsp3) is 0.846. The molecular weight excluding hydrogens is 214 g/mol. The molecule has 1 saturated carbocycles. The van der Waals surface area contributed by atoms with E-state index >= 15 is 0 Å². The molecule has 1 aliphatic heterocycles. The first-order valence-electron chi connectivity index (χ1n) is 6.97. The van der Waals surface area contributed by atoms with Gasteiger partial charge in [-0.2, -0.15) is 4.98 Å². The maximum absolute atomic E-state index is 5.44. The Labute approximate surface area is 102 Å². The zero-order chi connectivity index (χ0) is 11.5. The molecule has 1 atom stereocenters. The predicted molar refractivity (Wildman–Crippen MR) is 65.0 cm³/mol. The molecule has 0 radical (unpaired) electrons. The van der Waals surface area contributed by atoms with Crippen molar-refractivity contribution in [3.8, 4) is 0 Å². The lowest BCUT2D eigenvalue weighted by molar-refractivity contribution is 0.350. The fourth-order valence-electron chi connectivity index (χ4n) is 2.98. The van der Waals surface area contributed by atoms with Crippen LogP contribution in [0.3, 0.4) is 0 Å². The van der Waals surface area contributed by atoms with Crippen molar-refractivity contribution < 1.29 is 4.52 Å². The van der Waals surface area contributed by atoms with Crippen LogP contribution in [0.2, 0.25) is 0 Å². The molecular formula is C13H21N3O. The van der Waals surface area contributed by atoms with Crippen LogP contribution in [0.5, 0.6) is 0 Å². The van der Waals surface area contributed by atoms with Gasteiger partial charge in [-0.15, -0.1) is 0 Å². The fourth-order valence-corrected chi connectivity index (χ4v) is 2.98. The smallest absolute Gasteiger partial charge is 0.231 e. The van der Waals surface area contributed by atoms with Gasteiger partial charge in [-0.25, -0.2) is 0 Å². The Hall–Kier alpha value is -0.900. The third-order valence-corrected chi connectivity index (χ3v) is 4.09. The summed E-state index contributed by atoms with van der Waals surface area (Å²) in [5.74, 6) is 2.81. The highest BCUT2D eigenvalue weighted by Gasteiger charge is 2.25. The van der Waals surface area contributed by atoms with Gasteiger partial charge in [0, 0.05) is 12.5 Å². The number of nitrogens with zero attached hydrogens (tertiary/aromatic N) is 2. The van der Waals surface area contributed by atoms with Crippen molar-refractivity contribution in [1.29, 1.82) is 0 Å². The Kier molecular flexibility index (Phi) is 3.41. The highest BCUT2D eigenvalue weighted by molar-refractivity contribution is 5.02. The molecule has 4 nitrogen and oxygen atoms in total. The van der Waals surface area contributed by atoms with Crippen LogP contribution < -0.4 is 5.32 Å². The van der Waals surface area contributed by atoms with Crippen molar-refractivity contribution in [1.82, 2.24) is 15.5 Å². The zero-order valence-corrected chi connectivity index (χ0v) is 10.3. The van der Waals surface area contributed by atoms with E-state index in [1.807, 2.05) is 0 Å². The topological polar surface area (TPSA) is 51.0 Å². The lowest BCUT2D eigenvalue weighted by atomic mass is 10.00. The molecule has 1 saturated heterocycles. The summed E-state index contributed by atoms with van der Waals surface area (Å²) < 4.78 is 5.44. The Morgan fingerprint density at radius 3 is 2.53 bits per heavy atom. The minimum atomic E-state index is 0.446. The second-order valence-electron chi connectivity index (χ2n) is 5.37. The second kappa shape index (κ2) is 5.17. The summed E-state index contributed by atoms with van der Waals surface area (Å²) in [5.41, 5.74) is 0. The lowest BCUT2D eigenvalue weighted by Gasteiger charge is -2.07. The van der Waals surface area contributed by atoms with E-state index in [0.717, 1.165) is 31.2 Å². The average Bonchev–Trinajstić information content (AvgIpc) is 2.95. The molecule has 2 heterocycles. The first kappa shape index (κ1) is 11.2. The van der Waals surface area contributed by atoms with Crippen LogP contribution >= 0.6 is 0 Å². The minimum Gasteiger partial charge on any atom is -0.339 e. The van der Waals surface area contributed by atoms with Crippen LogP contribution in [0.15, 0.2) is 4.52 Å². The summed E-state index contributed by atoms with van der Waals surface area (Å²) in [6.07, 6.45) is 8.98. The van der Waals surface area contributed by atoms with E-state index in [1.54, 1.807) is 0 Å². The van der Waals surface area contributed by atoms with E-state index in [-0.39, 0.29) is 0 Å². The van der Waals surface area contributed by atoms with Gasteiger partial charge in [0.1, 0.15) is 0 Å². The summed E-state index contributed by atoms with van der Waals surface area (Å²) >= 11 is 0. The molecule has 4 heteroatoms. The van der Waals surface area contributed by atoms with Gasteiger partial charge in [-0.05, 0) is 25.8 Å². The molecule has 1 aliphatic carbocycles. The summed E-state index contributed by atoms with van der Waals surface area (Å²) in [6.45, 7) is 2.07. The summed E-state index contributed by atoms with van der Waals surface area (Å²) in [6, 6.07) is 0. The van der Waals surface area contributed by atoms with Crippen LogP contribution in [0, 0.1) is 0 Å². The quantitative estimate of drug-likeness (QED) is 0.800. The van der Waals surface area contributed by atoms with E-state index < -0.39 is 0 Å². The first-order valence-corrected chi connectivity index (χ1v) is 6.97. The van der Waals surface area contributed by atoms with Gasteiger partial charge in [-0.3, -0.25) is 0 Å². The Balaban J connectivity index is 1.70. The normalized spacial score (nSPS) is 27.2. The number of hydrogen-bond donors (Lipinski definition) is 1. The molecule has 2 aliphatic rings. The predicted octanol–water partition coefficient (Wildman–Crippen LogP) is 2.58. The van der Waals surface area contributed by atoms with Gasteiger partial charge in [-0.1, -0.05) is 30.8 Å². The summed E-state index contributed by atoms with van der Waals surface area (Å²) in [4.78, 5) is 4.64. The molecule has 2 fully saturated rings. The molecule has 1 aromatic rings. The van der Waals surface area contributed by atoms with E-state index in [2.05, 4.69) is 15.5 Å². The molecule has 1 N–H and O–H groups in total. The van der Waals surface area contributed by atoms with Crippen LogP contribution in [-0.4, -0.2) is 23.2 Å². The molecule has 0 bridgehead atoms. The van der Waals surface area contributed by atoms with Crippen molar-refractivity contribution in [2.24, 2.45) is 0 Å². The second-order valence-corrected chi connectivity index (χ2v) is 5.37. The lowest BCUT2D eigenvalue weighted by Crippen LogP contribution is -2.08. The van der Waals surface area contributed by atoms with Crippen LogP contribution in [0.4, 0.5) is 0 Å². The van der Waals surface area contributed by atoms with Crippen molar-refractivity contribution >= 4 is 0 Å². The van der Waals surface area contributed by atoms with Gasteiger partial charge in [0.05, 0.1) is 5.92 Å².